The summed E-state index contributed by atoms with van der Waals surface area (Å²) in [7, 11) is 0. The van der Waals surface area contributed by atoms with Gasteiger partial charge in [-0.25, -0.2) is 14.4 Å². The fourth-order valence-electron chi connectivity index (χ4n) is 2.84. The Morgan fingerprint density at radius 1 is 0.769 bits per heavy atom. The van der Waals surface area contributed by atoms with Crippen molar-refractivity contribution in [3.63, 3.8) is 0 Å². The van der Waals surface area contributed by atoms with Gasteiger partial charge in [0.25, 0.3) is 0 Å². The molecule has 39 heavy (non-hydrogen) atoms. The fourth-order valence-corrected chi connectivity index (χ4v) is 2.84. The SMILES string of the molecule is CCOC(=O)OC[C@H](C)OC(=O)[C@@H](N)Cc1ccc(OC(=O)OCCC(C)C)c(OC(=O)OCCC(C)C)c1. The molecule has 1 aromatic rings. The summed E-state index contributed by atoms with van der Waals surface area (Å²) >= 11 is 0. The first-order chi connectivity index (χ1) is 18.4. The van der Waals surface area contributed by atoms with Crippen LogP contribution in [0.2, 0.25) is 0 Å². The summed E-state index contributed by atoms with van der Waals surface area (Å²) in [4.78, 5) is 48.1. The second kappa shape index (κ2) is 17.9. The van der Waals surface area contributed by atoms with Gasteiger partial charge in [-0.15, -0.1) is 0 Å². The van der Waals surface area contributed by atoms with Crippen LogP contribution in [0.25, 0.3) is 0 Å². The Kier molecular flexibility index (Phi) is 15.3. The molecule has 0 bridgehead atoms. The van der Waals surface area contributed by atoms with Crippen LogP contribution in [-0.2, 0) is 34.9 Å². The molecule has 220 valence electrons. The number of benzene rings is 1. The van der Waals surface area contributed by atoms with Crippen LogP contribution in [0.3, 0.4) is 0 Å². The third-order valence-electron chi connectivity index (χ3n) is 5.00. The average molecular weight is 556 g/mol. The molecule has 12 heteroatoms. The van der Waals surface area contributed by atoms with Crippen LogP contribution in [0.15, 0.2) is 18.2 Å². The van der Waals surface area contributed by atoms with E-state index in [0.717, 1.165) is 0 Å². The molecule has 0 fully saturated rings. The van der Waals surface area contributed by atoms with E-state index in [1.165, 1.54) is 19.1 Å². The normalized spacial score (nSPS) is 12.3. The molecule has 0 heterocycles. The van der Waals surface area contributed by atoms with Crippen LogP contribution in [0, 0.1) is 11.8 Å². The Balaban J connectivity index is 2.87. The van der Waals surface area contributed by atoms with Crippen LogP contribution in [0.5, 0.6) is 11.5 Å². The minimum absolute atomic E-state index is 0.00214. The Hall–Kier alpha value is -3.54. The lowest BCUT2D eigenvalue weighted by Gasteiger charge is -2.17. The van der Waals surface area contributed by atoms with Crippen molar-refractivity contribution in [2.45, 2.75) is 73.0 Å². The Morgan fingerprint density at radius 2 is 1.33 bits per heavy atom. The van der Waals surface area contributed by atoms with Crippen LogP contribution in [0.1, 0.15) is 59.9 Å². The van der Waals surface area contributed by atoms with E-state index in [1.807, 2.05) is 27.7 Å². The van der Waals surface area contributed by atoms with Crippen molar-refractivity contribution in [3.05, 3.63) is 23.8 Å². The Labute approximate surface area is 229 Å². The fraction of sp³-hybridized carbons (Fsp3) is 0.630. The molecule has 1 aromatic carbocycles. The van der Waals surface area contributed by atoms with Crippen molar-refractivity contribution in [2.24, 2.45) is 17.6 Å². The summed E-state index contributed by atoms with van der Waals surface area (Å²) in [6.45, 7) is 11.4. The number of esters is 1. The van der Waals surface area contributed by atoms with Gasteiger partial charge in [-0.1, -0.05) is 33.8 Å². The maximum Gasteiger partial charge on any atom is 0.513 e. The molecule has 0 aliphatic heterocycles. The first-order valence-electron chi connectivity index (χ1n) is 13.0. The van der Waals surface area contributed by atoms with Crippen molar-refractivity contribution in [3.8, 4) is 11.5 Å². The van der Waals surface area contributed by atoms with Gasteiger partial charge < -0.3 is 38.9 Å². The van der Waals surface area contributed by atoms with Crippen LogP contribution in [-0.4, -0.2) is 63.0 Å². The van der Waals surface area contributed by atoms with Crippen molar-refractivity contribution in [1.82, 2.24) is 0 Å². The standard InChI is InChI=1S/C27H41NO11/c1-7-33-25(30)36-16-19(6)37-24(29)21(28)14-20-8-9-22(38-26(31)34-12-10-17(2)3)23(15-20)39-27(32)35-13-11-18(4)5/h8-9,15,17-19,21H,7,10-14,16,28H2,1-6H3/t19-,21-/m0/s1. The predicted molar refractivity (Wildman–Crippen MR) is 140 cm³/mol. The largest absolute Gasteiger partial charge is 0.513 e. The molecular weight excluding hydrogens is 514 g/mol. The van der Waals surface area contributed by atoms with Crippen molar-refractivity contribution in [1.29, 1.82) is 0 Å². The highest BCUT2D eigenvalue weighted by Gasteiger charge is 2.22. The number of hydrogen-bond donors (Lipinski definition) is 1. The first kappa shape index (κ1) is 33.5. The van der Waals surface area contributed by atoms with E-state index in [-0.39, 0.29) is 44.3 Å². The molecule has 0 saturated carbocycles. The van der Waals surface area contributed by atoms with Gasteiger partial charge in [-0.3, -0.25) is 4.79 Å². The average Bonchev–Trinajstić information content (AvgIpc) is 2.84. The number of carbonyl (C=O) groups is 4. The molecule has 0 aliphatic carbocycles. The molecule has 0 amide bonds. The van der Waals surface area contributed by atoms with Crippen LogP contribution >= 0.6 is 0 Å². The molecule has 2 atom stereocenters. The molecule has 0 aromatic heterocycles. The summed E-state index contributed by atoms with van der Waals surface area (Å²) in [6, 6.07) is 3.26. The highest BCUT2D eigenvalue weighted by molar-refractivity contribution is 5.76. The van der Waals surface area contributed by atoms with E-state index >= 15 is 0 Å². The first-order valence-corrected chi connectivity index (χ1v) is 13.0. The minimum atomic E-state index is -1.09. The maximum absolute atomic E-state index is 12.4. The van der Waals surface area contributed by atoms with Gasteiger partial charge in [0, 0.05) is 0 Å². The monoisotopic (exact) mass is 555 g/mol. The molecular formula is C27H41NO11. The number of nitrogens with two attached hydrogens (primary N) is 1. The van der Waals surface area contributed by atoms with Crippen molar-refractivity contribution >= 4 is 24.4 Å². The lowest BCUT2D eigenvalue weighted by molar-refractivity contribution is -0.152. The number of hydrogen-bond acceptors (Lipinski definition) is 12. The van der Waals surface area contributed by atoms with E-state index in [4.69, 9.17) is 34.2 Å². The zero-order valence-electron chi connectivity index (χ0n) is 23.6. The lowest BCUT2D eigenvalue weighted by atomic mass is 10.1. The van der Waals surface area contributed by atoms with Gasteiger partial charge >= 0.3 is 24.4 Å². The molecule has 0 aliphatic rings. The van der Waals surface area contributed by atoms with Gasteiger partial charge in [-0.05, 0) is 62.6 Å². The summed E-state index contributed by atoms with van der Waals surface area (Å²) in [5.41, 5.74) is 6.49. The molecule has 0 radical (unpaired) electrons. The highest BCUT2D eigenvalue weighted by atomic mass is 16.7. The molecule has 0 unspecified atom stereocenters. The third kappa shape index (κ3) is 14.8. The minimum Gasteiger partial charge on any atom is -0.458 e. The topological polar surface area (TPSA) is 159 Å². The highest BCUT2D eigenvalue weighted by Crippen LogP contribution is 2.30. The molecule has 1 rings (SSSR count). The third-order valence-corrected chi connectivity index (χ3v) is 5.00. The predicted octanol–water partition coefficient (Wildman–Crippen LogP) is 4.78. The van der Waals surface area contributed by atoms with E-state index in [2.05, 4.69) is 4.74 Å². The van der Waals surface area contributed by atoms with Crippen LogP contribution in [0.4, 0.5) is 14.4 Å². The number of carbonyl (C=O) groups excluding carboxylic acids is 4. The quantitative estimate of drug-likeness (QED) is 0.179. The second-order valence-electron chi connectivity index (χ2n) is 9.60. The Bertz CT molecular complexity index is 932. The van der Waals surface area contributed by atoms with Gasteiger partial charge in [0.05, 0.1) is 19.8 Å². The Morgan fingerprint density at radius 3 is 1.87 bits per heavy atom. The van der Waals surface area contributed by atoms with Gasteiger partial charge in [0.1, 0.15) is 18.8 Å². The van der Waals surface area contributed by atoms with E-state index in [9.17, 15) is 19.2 Å². The van der Waals surface area contributed by atoms with Crippen molar-refractivity contribution < 1.29 is 52.3 Å². The van der Waals surface area contributed by atoms with Gasteiger partial charge in [0.15, 0.2) is 11.5 Å². The van der Waals surface area contributed by atoms with E-state index in [1.54, 1.807) is 13.0 Å². The molecule has 0 spiro atoms. The van der Waals surface area contributed by atoms with Gasteiger partial charge in [0.2, 0.25) is 0 Å². The summed E-state index contributed by atoms with van der Waals surface area (Å²) in [5.74, 6) is -0.268. The lowest BCUT2D eigenvalue weighted by Crippen LogP contribution is -2.37. The van der Waals surface area contributed by atoms with Crippen molar-refractivity contribution in [2.75, 3.05) is 26.4 Å². The molecule has 0 saturated heterocycles. The summed E-state index contributed by atoms with van der Waals surface area (Å²) in [5, 5.41) is 0. The van der Waals surface area contributed by atoms with Crippen LogP contribution < -0.4 is 15.2 Å². The summed E-state index contributed by atoms with van der Waals surface area (Å²) in [6.07, 6.45) is -2.27. The zero-order valence-corrected chi connectivity index (χ0v) is 23.6. The zero-order chi connectivity index (χ0) is 29.4. The molecule has 12 nitrogen and oxygen atoms in total. The smallest absolute Gasteiger partial charge is 0.458 e. The number of ether oxygens (including phenoxy) is 7. The molecule has 2 N–H and O–H groups in total. The second-order valence-corrected chi connectivity index (χ2v) is 9.60. The summed E-state index contributed by atoms with van der Waals surface area (Å²) < 4.78 is 35.3. The van der Waals surface area contributed by atoms with E-state index < -0.39 is 36.6 Å². The number of rotatable bonds is 15. The van der Waals surface area contributed by atoms with Gasteiger partial charge in [-0.2, -0.15) is 0 Å². The maximum atomic E-state index is 12.4. The van der Waals surface area contributed by atoms with E-state index in [0.29, 0.717) is 30.2 Å².